The van der Waals surface area contributed by atoms with E-state index in [0.717, 1.165) is 12.8 Å². The van der Waals surface area contributed by atoms with Gasteiger partial charge in [-0.1, -0.05) is 23.7 Å². The van der Waals surface area contributed by atoms with Gasteiger partial charge in [0, 0.05) is 19.1 Å². The van der Waals surface area contributed by atoms with Crippen LogP contribution in [0.1, 0.15) is 12.8 Å². The van der Waals surface area contributed by atoms with Crippen molar-refractivity contribution < 1.29 is 8.42 Å². The highest BCUT2D eigenvalue weighted by Crippen LogP contribution is 2.39. The Kier molecular flexibility index (Phi) is 3.33. The van der Waals surface area contributed by atoms with Gasteiger partial charge in [0.25, 0.3) is 0 Å². The molecule has 1 aromatic carbocycles. The molecule has 4 nitrogen and oxygen atoms in total. The zero-order chi connectivity index (χ0) is 13.6. The van der Waals surface area contributed by atoms with Crippen LogP contribution >= 0.6 is 11.6 Å². The first-order valence-corrected chi connectivity index (χ1v) is 8.32. The predicted octanol–water partition coefficient (Wildman–Crippen LogP) is 1.70. The zero-order valence-corrected chi connectivity index (χ0v) is 12.1. The molecule has 1 aromatic rings. The molecule has 0 aromatic heterocycles. The Morgan fingerprint density at radius 3 is 2.63 bits per heavy atom. The third-order valence-corrected chi connectivity index (χ3v) is 6.66. The van der Waals surface area contributed by atoms with Crippen LogP contribution in [0.15, 0.2) is 29.2 Å². The van der Waals surface area contributed by atoms with Crippen molar-refractivity contribution in [1.82, 2.24) is 4.31 Å². The molecule has 1 saturated heterocycles. The summed E-state index contributed by atoms with van der Waals surface area (Å²) in [5, 5.41) is 0.281. The van der Waals surface area contributed by atoms with Crippen molar-refractivity contribution in [1.29, 1.82) is 0 Å². The predicted molar refractivity (Wildman–Crippen MR) is 74.4 cm³/mol. The Morgan fingerprint density at radius 2 is 1.95 bits per heavy atom. The van der Waals surface area contributed by atoms with E-state index in [1.165, 1.54) is 0 Å². The summed E-state index contributed by atoms with van der Waals surface area (Å²) in [6.07, 6.45) is 2.04. The van der Waals surface area contributed by atoms with E-state index < -0.39 is 10.0 Å². The minimum Gasteiger partial charge on any atom is -0.327 e. The topological polar surface area (TPSA) is 63.4 Å². The highest BCUT2D eigenvalue weighted by atomic mass is 35.5. The maximum atomic E-state index is 12.6. The normalized spacial score (nSPS) is 31.6. The van der Waals surface area contributed by atoms with E-state index in [1.54, 1.807) is 28.6 Å². The van der Waals surface area contributed by atoms with E-state index in [1.807, 2.05) is 0 Å². The van der Waals surface area contributed by atoms with Crippen LogP contribution in [0.2, 0.25) is 5.02 Å². The number of sulfonamides is 1. The summed E-state index contributed by atoms with van der Waals surface area (Å²) in [5.74, 6) is 0.713. The number of rotatable bonds is 2. The van der Waals surface area contributed by atoms with E-state index in [2.05, 4.69) is 0 Å². The molecule has 2 N–H and O–H groups in total. The average Bonchev–Trinajstić information content (AvgIpc) is 2.93. The van der Waals surface area contributed by atoms with E-state index in [-0.39, 0.29) is 16.0 Å². The quantitative estimate of drug-likeness (QED) is 0.904. The number of hydrogen-bond donors (Lipinski definition) is 1. The average molecular weight is 301 g/mol. The van der Waals surface area contributed by atoms with Gasteiger partial charge in [-0.15, -0.1) is 0 Å². The lowest BCUT2D eigenvalue weighted by molar-refractivity contribution is 0.427. The van der Waals surface area contributed by atoms with Crippen molar-refractivity contribution in [3.63, 3.8) is 0 Å². The Morgan fingerprint density at radius 1 is 1.21 bits per heavy atom. The van der Waals surface area contributed by atoms with Crippen LogP contribution in [0.4, 0.5) is 0 Å². The fourth-order valence-electron chi connectivity index (χ4n) is 3.26. The summed E-state index contributed by atoms with van der Waals surface area (Å²) >= 11 is 6.01. The number of benzene rings is 1. The summed E-state index contributed by atoms with van der Waals surface area (Å²) in [4.78, 5) is 0.199. The SMILES string of the molecule is NC1CCC2CN(S(=O)(=O)c3ccccc3Cl)CC12. The first kappa shape index (κ1) is 13.4. The maximum Gasteiger partial charge on any atom is 0.244 e. The van der Waals surface area contributed by atoms with E-state index in [0.29, 0.717) is 24.9 Å². The van der Waals surface area contributed by atoms with Gasteiger partial charge < -0.3 is 5.73 Å². The molecule has 1 aliphatic heterocycles. The zero-order valence-electron chi connectivity index (χ0n) is 10.5. The first-order valence-electron chi connectivity index (χ1n) is 6.50. The molecule has 0 amide bonds. The van der Waals surface area contributed by atoms with Crippen LogP contribution in [-0.4, -0.2) is 31.9 Å². The Balaban J connectivity index is 1.89. The van der Waals surface area contributed by atoms with Gasteiger partial charge in [-0.3, -0.25) is 0 Å². The molecule has 1 heterocycles. The smallest absolute Gasteiger partial charge is 0.244 e. The molecule has 3 unspecified atom stereocenters. The minimum absolute atomic E-state index is 0.136. The Hall–Kier alpha value is -0.620. The van der Waals surface area contributed by atoms with E-state index in [4.69, 9.17) is 17.3 Å². The fourth-order valence-corrected chi connectivity index (χ4v) is 5.28. The van der Waals surface area contributed by atoms with E-state index >= 15 is 0 Å². The van der Waals surface area contributed by atoms with Crippen molar-refractivity contribution in [3.05, 3.63) is 29.3 Å². The molecular weight excluding hydrogens is 284 g/mol. The molecule has 19 heavy (non-hydrogen) atoms. The van der Waals surface area contributed by atoms with Crippen molar-refractivity contribution in [2.24, 2.45) is 17.6 Å². The molecule has 6 heteroatoms. The highest BCUT2D eigenvalue weighted by Gasteiger charge is 2.45. The molecule has 1 saturated carbocycles. The molecule has 0 radical (unpaired) electrons. The standard InChI is InChI=1S/C13H17ClN2O2S/c14-11-3-1-2-4-13(11)19(17,18)16-7-9-5-6-12(15)10(9)8-16/h1-4,9-10,12H,5-8,15H2. The summed E-state index contributed by atoms with van der Waals surface area (Å²) < 4.78 is 26.7. The molecule has 3 atom stereocenters. The molecule has 104 valence electrons. The molecular formula is C13H17ClN2O2S. The van der Waals surface area contributed by atoms with Gasteiger partial charge in [-0.2, -0.15) is 4.31 Å². The second kappa shape index (κ2) is 4.74. The third-order valence-electron chi connectivity index (χ3n) is 4.33. The molecule has 2 fully saturated rings. The Labute approximate surface area is 118 Å². The van der Waals surface area contributed by atoms with Crippen molar-refractivity contribution in [2.75, 3.05) is 13.1 Å². The van der Waals surface area contributed by atoms with Crippen LogP contribution in [0.3, 0.4) is 0 Å². The lowest BCUT2D eigenvalue weighted by atomic mass is 9.98. The van der Waals surface area contributed by atoms with Gasteiger partial charge >= 0.3 is 0 Å². The van der Waals surface area contributed by atoms with Gasteiger partial charge in [-0.25, -0.2) is 8.42 Å². The largest absolute Gasteiger partial charge is 0.327 e. The van der Waals surface area contributed by atoms with Crippen LogP contribution in [0, 0.1) is 11.8 Å². The van der Waals surface area contributed by atoms with Crippen molar-refractivity contribution >= 4 is 21.6 Å². The minimum atomic E-state index is -3.49. The number of nitrogens with zero attached hydrogens (tertiary/aromatic N) is 1. The number of hydrogen-bond acceptors (Lipinski definition) is 3. The molecule has 0 spiro atoms. The molecule has 3 rings (SSSR count). The first-order chi connectivity index (χ1) is 9.00. The second-order valence-corrected chi connectivity index (χ2v) is 7.73. The van der Waals surface area contributed by atoms with Crippen LogP contribution in [0.5, 0.6) is 0 Å². The Bertz CT molecular complexity index is 590. The molecule has 1 aliphatic carbocycles. The maximum absolute atomic E-state index is 12.6. The monoisotopic (exact) mass is 300 g/mol. The summed E-state index contributed by atoms with van der Waals surface area (Å²) in [6.45, 7) is 1.10. The lowest BCUT2D eigenvalue weighted by Gasteiger charge is -2.19. The summed E-state index contributed by atoms with van der Waals surface area (Å²) in [6, 6.07) is 6.73. The van der Waals surface area contributed by atoms with Gasteiger partial charge in [0.1, 0.15) is 4.90 Å². The van der Waals surface area contributed by atoms with Gasteiger partial charge in [0.15, 0.2) is 0 Å². The van der Waals surface area contributed by atoms with Crippen LogP contribution in [0.25, 0.3) is 0 Å². The van der Waals surface area contributed by atoms with Crippen molar-refractivity contribution in [3.8, 4) is 0 Å². The third kappa shape index (κ3) is 2.18. The lowest BCUT2D eigenvalue weighted by Crippen LogP contribution is -2.33. The van der Waals surface area contributed by atoms with E-state index in [9.17, 15) is 8.42 Å². The fraction of sp³-hybridized carbons (Fsp3) is 0.538. The van der Waals surface area contributed by atoms with Gasteiger partial charge in [0.2, 0.25) is 10.0 Å². The van der Waals surface area contributed by atoms with Gasteiger partial charge in [-0.05, 0) is 36.8 Å². The number of nitrogens with two attached hydrogens (primary N) is 1. The van der Waals surface area contributed by atoms with Crippen LogP contribution < -0.4 is 5.73 Å². The van der Waals surface area contributed by atoms with Gasteiger partial charge in [0.05, 0.1) is 5.02 Å². The highest BCUT2D eigenvalue weighted by molar-refractivity contribution is 7.89. The van der Waals surface area contributed by atoms with Crippen LogP contribution in [-0.2, 0) is 10.0 Å². The molecule has 0 bridgehead atoms. The summed E-state index contributed by atoms with van der Waals surface area (Å²) in [7, 11) is -3.49. The number of fused-ring (bicyclic) bond motifs is 1. The molecule has 2 aliphatic rings. The summed E-state index contributed by atoms with van der Waals surface area (Å²) in [5.41, 5.74) is 6.05. The number of halogens is 1. The van der Waals surface area contributed by atoms with Crippen molar-refractivity contribution in [2.45, 2.75) is 23.8 Å². The second-order valence-electron chi connectivity index (χ2n) is 5.42.